The highest BCUT2D eigenvalue weighted by Gasteiger charge is 2.33. The molecule has 0 amide bonds. The number of hydrogen-bond acceptors (Lipinski definition) is 4. The lowest BCUT2D eigenvalue weighted by atomic mass is 9.98. The van der Waals surface area contributed by atoms with Gasteiger partial charge in [0, 0.05) is 36.7 Å². The van der Waals surface area contributed by atoms with E-state index in [9.17, 15) is 9.90 Å². The summed E-state index contributed by atoms with van der Waals surface area (Å²) in [6.45, 7) is 1.50. The van der Waals surface area contributed by atoms with E-state index in [0.717, 1.165) is 31.0 Å². The Morgan fingerprint density at radius 3 is 2.57 bits per heavy atom. The molecule has 2 heterocycles. The molecule has 5 heteroatoms. The molecule has 1 aromatic heterocycles. The van der Waals surface area contributed by atoms with Crippen LogP contribution in [0.1, 0.15) is 61.9 Å². The number of aromatic nitrogens is 2. The molecule has 2 saturated carbocycles. The van der Waals surface area contributed by atoms with E-state index in [4.69, 9.17) is 9.97 Å². The Labute approximate surface area is 124 Å². The molecule has 1 saturated heterocycles. The second-order valence-electron chi connectivity index (χ2n) is 6.68. The van der Waals surface area contributed by atoms with Gasteiger partial charge in [-0.1, -0.05) is 0 Å². The van der Waals surface area contributed by atoms with Gasteiger partial charge in [0.2, 0.25) is 0 Å². The van der Waals surface area contributed by atoms with Gasteiger partial charge in [0.1, 0.15) is 11.6 Å². The van der Waals surface area contributed by atoms with Gasteiger partial charge in [0.15, 0.2) is 0 Å². The number of nitrogens with zero attached hydrogens (tertiary/aromatic N) is 3. The first kappa shape index (κ1) is 13.0. The molecule has 1 aliphatic heterocycles. The minimum absolute atomic E-state index is 0.262. The molecule has 0 spiro atoms. The molecule has 21 heavy (non-hydrogen) atoms. The Morgan fingerprint density at radius 1 is 1.14 bits per heavy atom. The lowest BCUT2D eigenvalue weighted by molar-refractivity contribution is -0.141. The van der Waals surface area contributed by atoms with E-state index in [1.807, 2.05) is 0 Å². The minimum atomic E-state index is -0.682. The van der Waals surface area contributed by atoms with Crippen LogP contribution in [0.5, 0.6) is 0 Å². The van der Waals surface area contributed by atoms with Gasteiger partial charge in [0.25, 0.3) is 0 Å². The molecule has 0 bridgehead atoms. The second kappa shape index (κ2) is 4.97. The Kier molecular flexibility index (Phi) is 3.08. The molecular weight excluding hydrogens is 266 g/mol. The van der Waals surface area contributed by atoms with E-state index in [1.54, 1.807) is 0 Å². The maximum Gasteiger partial charge on any atom is 0.308 e. The highest BCUT2D eigenvalue weighted by molar-refractivity contribution is 5.71. The fourth-order valence-electron chi connectivity index (χ4n) is 3.13. The maximum absolute atomic E-state index is 11.2. The van der Waals surface area contributed by atoms with Gasteiger partial charge >= 0.3 is 5.97 Å². The Balaban J connectivity index is 1.62. The van der Waals surface area contributed by atoms with Crippen LogP contribution in [0.2, 0.25) is 0 Å². The van der Waals surface area contributed by atoms with Crippen molar-refractivity contribution in [2.45, 2.75) is 50.4 Å². The molecule has 3 aliphatic rings. The standard InChI is InChI=1S/C16H21N3O2/c20-16(21)12-2-1-7-19(9-12)14-8-13(10-3-4-10)17-15(18-14)11-5-6-11/h8,10-12H,1-7,9H2,(H,20,21)/t12-/m0/s1. The zero-order valence-electron chi connectivity index (χ0n) is 12.2. The smallest absolute Gasteiger partial charge is 0.308 e. The van der Waals surface area contributed by atoms with Crippen LogP contribution in [-0.2, 0) is 4.79 Å². The monoisotopic (exact) mass is 287 g/mol. The molecule has 0 radical (unpaired) electrons. The second-order valence-corrected chi connectivity index (χ2v) is 6.68. The van der Waals surface area contributed by atoms with Gasteiger partial charge in [-0.2, -0.15) is 0 Å². The summed E-state index contributed by atoms with van der Waals surface area (Å²) < 4.78 is 0. The fourth-order valence-corrected chi connectivity index (χ4v) is 3.13. The van der Waals surface area contributed by atoms with Crippen molar-refractivity contribution in [1.82, 2.24) is 9.97 Å². The van der Waals surface area contributed by atoms with Crippen molar-refractivity contribution in [2.24, 2.45) is 5.92 Å². The van der Waals surface area contributed by atoms with Crippen molar-refractivity contribution in [3.63, 3.8) is 0 Å². The molecule has 1 aromatic rings. The summed E-state index contributed by atoms with van der Waals surface area (Å²) in [5, 5.41) is 9.25. The number of anilines is 1. The fraction of sp³-hybridized carbons (Fsp3) is 0.688. The van der Waals surface area contributed by atoms with E-state index in [1.165, 1.54) is 31.4 Å². The van der Waals surface area contributed by atoms with E-state index in [0.29, 0.717) is 18.4 Å². The quantitative estimate of drug-likeness (QED) is 0.921. The molecule has 4 rings (SSSR count). The molecule has 3 fully saturated rings. The molecule has 0 unspecified atom stereocenters. The Bertz CT molecular complexity index is 536. The predicted octanol–water partition coefficient (Wildman–Crippen LogP) is 2.53. The number of rotatable bonds is 4. The Hall–Kier alpha value is -1.65. The van der Waals surface area contributed by atoms with E-state index >= 15 is 0 Å². The van der Waals surface area contributed by atoms with E-state index < -0.39 is 5.97 Å². The topological polar surface area (TPSA) is 66.3 Å². The van der Waals surface area contributed by atoms with Crippen LogP contribution in [0.4, 0.5) is 5.82 Å². The van der Waals surface area contributed by atoms with Crippen LogP contribution < -0.4 is 4.90 Å². The third-order valence-corrected chi connectivity index (χ3v) is 4.78. The largest absolute Gasteiger partial charge is 0.481 e. The summed E-state index contributed by atoms with van der Waals surface area (Å²) in [6, 6.07) is 2.10. The highest BCUT2D eigenvalue weighted by atomic mass is 16.4. The molecule has 0 aromatic carbocycles. The number of carbonyl (C=O) groups is 1. The van der Waals surface area contributed by atoms with Crippen LogP contribution in [0, 0.1) is 5.92 Å². The van der Waals surface area contributed by atoms with Gasteiger partial charge < -0.3 is 10.0 Å². The number of aliphatic carboxylic acids is 1. The molecule has 5 nitrogen and oxygen atoms in total. The predicted molar refractivity (Wildman–Crippen MR) is 78.6 cm³/mol. The van der Waals surface area contributed by atoms with Crippen molar-refractivity contribution >= 4 is 11.8 Å². The Morgan fingerprint density at radius 2 is 1.90 bits per heavy atom. The SMILES string of the molecule is O=C(O)[C@H]1CCCN(c2cc(C3CC3)nc(C3CC3)n2)C1. The number of carboxylic acids is 1. The first-order chi connectivity index (χ1) is 10.2. The van der Waals surface area contributed by atoms with Crippen LogP contribution in [0.3, 0.4) is 0 Å². The van der Waals surface area contributed by atoms with Crippen LogP contribution >= 0.6 is 0 Å². The molecule has 112 valence electrons. The van der Waals surface area contributed by atoms with Gasteiger partial charge in [-0.15, -0.1) is 0 Å². The molecule has 2 aliphatic carbocycles. The van der Waals surface area contributed by atoms with Gasteiger partial charge in [0.05, 0.1) is 5.92 Å². The highest BCUT2D eigenvalue weighted by Crippen LogP contribution is 2.43. The zero-order valence-corrected chi connectivity index (χ0v) is 12.2. The zero-order chi connectivity index (χ0) is 14.4. The summed E-state index contributed by atoms with van der Waals surface area (Å²) in [6.07, 6.45) is 6.58. The molecule has 1 atom stereocenters. The summed E-state index contributed by atoms with van der Waals surface area (Å²) in [5.41, 5.74) is 1.18. The van der Waals surface area contributed by atoms with Crippen molar-refractivity contribution in [1.29, 1.82) is 0 Å². The average Bonchev–Trinajstić information content (AvgIpc) is 3.40. The minimum Gasteiger partial charge on any atom is -0.481 e. The normalized spacial score (nSPS) is 25.9. The first-order valence-electron chi connectivity index (χ1n) is 8.07. The maximum atomic E-state index is 11.2. The summed E-state index contributed by atoms with van der Waals surface area (Å²) in [5.74, 6) is 2.17. The first-order valence-corrected chi connectivity index (χ1v) is 8.07. The molecular formula is C16H21N3O2. The lowest BCUT2D eigenvalue weighted by Crippen LogP contribution is -2.39. The van der Waals surface area contributed by atoms with Crippen LogP contribution in [0.15, 0.2) is 6.07 Å². The number of hydrogen-bond donors (Lipinski definition) is 1. The van der Waals surface area contributed by atoms with E-state index in [2.05, 4.69) is 11.0 Å². The van der Waals surface area contributed by atoms with Crippen LogP contribution in [-0.4, -0.2) is 34.1 Å². The van der Waals surface area contributed by atoms with E-state index in [-0.39, 0.29) is 5.92 Å². The van der Waals surface area contributed by atoms with Crippen LogP contribution in [0.25, 0.3) is 0 Å². The molecule has 1 N–H and O–H groups in total. The van der Waals surface area contributed by atoms with Crippen molar-refractivity contribution in [2.75, 3.05) is 18.0 Å². The van der Waals surface area contributed by atoms with Gasteiger partial charge in [-0.25, -0.2) is 9.97 Å². The summed E-state index contributed by atoms with van der Waals surface area (Å²) in [4.78, 5) is 22.9. The van der Waals surface area contributed by atoms with Gasteiger partial charge in [-0.3, -0.25) is 4.79 Å². The lowest BCUT2D eigenvalue weighted by Gasteiger charge is -2.32. The third kappa shape index (κ3) is 2.74. The van der Waals surface area contributed by atoms with Crippen molar-refractivity contribution in [3.8, 4) is 0 Å². The average molecular weight is 287 g/mol. The third-order valence-electron chi connectivity index (χ3n) is 4.78. The van der Waals surface area contributed by atoms with Gasteiger partial charge in [-0.05, 0) is 38.5 Å². The number of piperidine rings is 1. The summed E-state index contributed by atoms with van der Waals surface area (Å²) >= 11 is 0. The summed E-state index contributed by atoms with van der Waals surface area (Å²) in [7, 11) is 0. The van der Waals surface area contributed by atoms with Crippen molar-refractivity contribution < 1.29 is 9.90 Å². The van der Waals surface area contributed by atoms with Crippen molar-refractivity contribution in [3.05, 3.63) is 17.6 Å². The number of carboxylic acid groups (broad SMARTS) is 1.